The molecule has 80 valence electrons. The van der Waals surface area contributed by atoms with E-state index in [0.717, 1.165) is 6.42 Å². The van der Waals surface area contributed by atoms with Crippen molar-refractivity contribution in [2.24, 2.45) is 5.92 Å². The fourth-order valence-corrected chi connectivity index (χ4v) is 1.59. The van der Waals surface area contributed by atoms with Crippen LogP contribution < -0.4 is 0 Å². The van der Waals surface area contributed by atoms with E-state index in [0.29, 0.717) is 12.3 Å². The second kappa shape index (κ2) is 6.36. The van der Waals surface area contributed by atoms with Crippen molar-refractivity contribution in [1.29, 1.82) is 0 Å². The third kappa shape index (κ3) is 3.63. The lowest BCUT2D eigenvalue weighted by Crippen LogP contribution is -2.23. The van der Waals surface area contributed by atoms with Gasteiger partial charge in [0.15, 0.2) is 0 Å². The van der Waals surface area contributed by atoms with Crippen molar-refractivity contribution < 1.29 is 9.13 Å². The lowest BCUT2D eigenvalue weighted by Gasteiger charge is -2.16. The van der Waals surface area contributed by atoms with Crippen molar-refractivity contribution in [3.8, 4) is 0 Å². The van der Waals surface area contributed by atoms with Gasteiger partial charge < -0.3 is 4.74 Å². The second-order valence-corrected chi connectivity index (χ2v) is 3.63. The van der Waals surface area contributed by atoms with Crippen LogP contribution >= 0.6 is 0 Å². The highest BCUT2D eigenvalue weighted by Gasteiger charge is 2.35. The summed E-state index contributed by atoms with van der Waals surface area (Å²) in [6, 6.07) is 0. The summed E-state index contributed by atoms with van der Waals surface area (Å²) in [7, 11) is 0. The van der Waals surface area contributed by atoms with Crippen molar-refractivity contribution in [3.63, 3.8) is 0 Å². The van der Waals surface area contributed by atoms with Crippen LogP contribution in [-0.2, 0) is 4.74 Å². The third-order valence-corrected chi connectivity index (χ3v) is 2.31. The molecule has 1 rings (SSSR count). The maximum atomic E-state index is 13.2. The molecule has 1 saturated heterocycles. The van der Waals surface area contributed by atoms with Crippen molar-refractivity contribution in [1.82, 2.24) is 0 Å². The van der Waals surface area contributed by atoms with Crippen molar-refractivity contribution in [2.45, 2.75) is 65.8 Å². The molecular weight excluding hydrogens is 167 g/mol. The van der Waals surface area contributed by atoms with E-state index in [1.807, 2.05) is 34.6 Å². The van der Waals surface area contributed by atoms with Gasteiger partial charge in [-0.25, -0.2) is 4.39 Å². The molecule has 0 spiro atoms. The summed E-state index contributed by atoms with van der Waals surface area (Å²) in [6.45, 7) is 10.1. The summed E-state index contributed by atoms with van der Waals surface area (Å²) in [5, 5.41) is 0. The average molecular weight is 190 g/mol. The molecule has 13 heavy (non-hydrogen) atoms. The Morgan fingerprint density at radius 3 is 2.15 bits per heavy atom. The van der Waals surface area contributed by atoms with Crippen LogP contribution in [0.1, 0.15) is 47.5 Å². The van der Waals surface area contributed by atoms with Gasteiger partial charge in [0.1, 0.15) is 6.17 Å². The number of rotatable bonds is 2. The highest BCUT2D eigenvalue weighted by atomic mass is 19.1. The summed E-state index contributed by atoms with van der Waals surface area (Å²) < 4.78 is 18.7. The standard InChI is InChI=1S/C9H17FO.C2H6/c1-4-7-5-8(10)9(11-7)6(2)3;1-2/h6-9H,4-5H2,1-3H3;1-2H3. The molecule has 1 aliphatic heterocycles. The largest absolute Gasteiger partial charge is 0.372 e. The SMILES string of the molecule is CC.CCC1CC(F)C(C(C)C)O1. The minimum absolute atomic E-state index is 0.153. The van der Waals surface area contributed by atoms with Crippen LogP contribution in [0.4, 0.5) is 4.39 Å². The molecule has 2 heteroatoms. The molecule has 0 aliphatic carbocycles. The van der Waals surface area contributed by atoms with Gasteiger partial charge in [-0.1, -0.05) is 34.6 Å². The fraction of sp³-hybridized carbons (Fsp3) is 1.00. The number of alkyl halides is 1. The molecule has 0 radical (unpaired) electrons. The predicted molar refractivity (Wildman–Crippen MR) is 54.7 cm³/mol. The fourth-order valence-electron chi connectivity index (χ4n) is 1.59. The van der Waals surface area contributed by atoms with E-state index in [-0.39, 0.29) is 12.2 Å². The maximum absolute atomic E-state index is 13.2. The maximum Gasteiger partial charge on any atom is 0.129 e. The van der Waals surface area contributed by atoms with Gasteiger partial charge in [0.2, 0.25) is 0 Å². The Labute approximate surface area is 81.7 Å². The summed E-state index contributed by atoms with van der Waals surface area (Å²) in [5.74, 6) is 0.307. The van der Waals surface area contributed by atoms with Crippen molar-refractivity contribution >= 4 is 0 Å². The van der Waals surface area contributed by atoms with Crippen LogP contribution in [0.3, 0.4) is 0 Å². The van der Waals surface area contributed by atoms with Gasteiger partial charge in [-0.3, -0.25) is 0 Å². The molecule has 1 aliphatic rings. The molecule has 3 atom stereocenters. The molecule has 1 fully saturated rings. The quantitative estimate of drug-likeness (QED) is 0.646. The van der Waals surface area contributed by atoms with Gasteiger partial charge in [-0.15, -0.1) is 0 Å². The van der Waals surface area contributed by atoms with Crippen LogP contribution in [0.25, 0.3) is 0 Å². The summed E-state index contributed by atoms with van der Waals surface area (Å²) in [5.41, 5.74) is 0. The summed E-state index contributed by atoms with van der Waals surface area (Å²) >= 11 is 0. The van der Waals surface area contributed by atoms with E-state index in [1.165, 1.54) is 0 Å². The number of halogens is 1. The highest BCUT2D eigenvalue weighted by molar-refractivity contribution is 4.83. The lowest BCUT2D eigenvalue weighted by molar-refractivity contribution is 0.000182. The predicted octanol–water partition coefficient (Wildman–Crippen LogP) is 3.57. The topological polar surface area (TPSA) is 9.23 Å². The number of hydrogen-bond acceptors (Lipinski definition) is 1. The normalized spacial score (nSPS) is 33.0. The molecule has 0 aromatic rings. The van der Waals surface area contributed by atoms with Gasteiger partial charge in [0, 0.05) is 6.42 Å². The first-order valence-electron chi connectivity index (χ1n) is 5.44. The molecule has 1 nitrogen and oxygen atoms in total. The van der Waals surface area contributed by atoms with Gasteiger partial charge in [-0.05, 0) is 12.3 Å². The molecule has 0 saturated carbocycles. The van der Waals surface area contributed by atoms with E-state index in [1.54, 1.807) is 0 Å². The lowest BCUT2D eigenvalue weighted by atomic mass is 10.0. The van der Waals surface area contributed by atoms with Crippen LogP contribution in [0, 0.1) is 5.92 Å². The third-order valence-electron chi connectivity index (χ3n) is 2.31. The minimum Gasteiger partial charge on any atom is -0.372 e. The molecule has 0 amide bonds. The Kier molecular flexibility index (Phi) is 6.31. The molecule has 0 bridgehead atoms. The second-order valence-electron chi connectivity index (χ2n) is 3.63. The Morgan fingerprint density at radius 2 is 1.92 bits per heavy atom. The van der Waals surface area contributed by atoms with Crippen LogP contribution in [0.2, 0.25) is 0 Å². The van der Waals surface area contributed by atoms with E-state index >= 15 is 0 Å². The van der Waals surface area contributed by atoms with E-state index in [9.17, 15) is 4.39 Å². The minimum atomic E-state index is -0.736. The van der Waals surface area contributed by atoms with E-state index < -0.39 is 6.17 Å². The zero-order valence-electron chi connectivity index (χ0n) is 9.51. The summed E-state index contributed by atoms with van der Waals surface area (Å²) in [4.78, 5) is 0. The molecule has 0 aromatic carbocycles. The highest BCUT2D eigenvalue weighted by Crippen LogP contribution is 2.29. The van der Waals surface area contributed by atoms with Crippen molar-refractivity contribution in [2.75, 3.05) is 0 Å². The molecule has 3 unspecified atom stereocenters. The molecule has 0 N–H and O–H groups in total. The molecule has 1 heterocycles. The zero-order chi connectivity index (χ0) is 10.4. The first-order valence-corrected chi connectivity index (χ1v) is 5.44. The first kappa shape index (κ1) is 12.9. The summed E-state index contributed by atoms with van der Waals surface area (Å²) in [6.07, 6.45) is 0.806. The Balaban J connectivity index is 0.000000671. The molecule has 0 aromatic heterocycles. The Bertz CT molecular complexity index is 125. The van der Waals surface area contributed by atoms with Gasteiger partial charge in [0.25, 0.3) is 0 Å². The van der Waals surface area contributed by atoms with Crippen LogP contribution in [0.5, 0.6) is 0 Å². The van der Waals surface area contributed by atoms with Crippen molar-refractivity contribution in [3.05, 3.63) is 0 Å². The van der Waals surface area contributed by atoms with Gasteiger partial charge in [0.05, 0.1) is 12.2 Å². The van der Waals surface area contributed by atoms with E-state index in [2.05, 4.69) is 0 Å². The average Bonchev–Trinajstić information content (AvgIpc) is 2.50. The number of hydrogen-bond donors (Lipinski definition) is 0. The smallest absolute Gasteiger partial charge is 0.129 e. The Morgan fingerprint density at radius 1 is 1.38 bits per heavy atom. The van der Waals surface area contributed by atoms with Gasteiger partial charge in [-0.2, -0.15) is 0 Å². The molecular formula is C11H23FO. The van der Waals surface area contributed by atoms with Gasteiger partial charge >= 0.3 is 0 Å². The van der Waals surface area contributed by atoms with Crippen LogP contribution in [-0.4, -0.2) is 18.4 Å². The Hall–Kier alpha value is -0.110. The van der Waals surface area contributed by atoms with Crippen LogP contribution in [0.15, 0.2) is 0 Å². The first-order chi connectivity index (χ1) is 6.15. The number of ether oxygens (including phenoxy) is 1. The monoisotopic (exact) mass is 190 g/mol. The zero-order valence-corrected chi connectivity index (χ0v) is 9.51. The van der Waals surface area contributed by atoms with E-state index in [4.69, 9.17) is 4.74 Å².